The Balaban J connectivity index is 2.23. The Kier molecular flexibility index (Phi) is 5.74. The molecule has 0 aromatic carbocycles. The summed E-state index contributed by atoms with van der Waals surface area (Å²) in [4.78, 5) is 10.6. The molecule has 1 N–H and O–H groups in total. The van der Waals surface area contributed by atoms with Crippen LogP contribution in [0.25, 0.3) is 0 Å². The van der Waals surface area contributed by atoms with Crippen molar-refractivity contribution in [1.29, 1.82) is 0 Å². The zero-order valence-corrected chi connectivity index (χ0v) is 10.2. The minimum atomic E-state index is 0.765. The lowest BCUT2D eigenvalue weighted by atomic mass is 10.4. The van der Waals surface area contributed by atoms with Crippen molar-refractivity contribution in [2.75, 3.05) is 45.7 Å². The molecule has 1 heterocycles. The highest BCUT2D eigenvalue weighted by Crippen LogP contribution is 2.04. The van der Waals surface area contributed by atoms with E-state index in [1.54, 1.807) is 19.5 Å². The number of nitrogens with zero attached hydrogens (tertiary/aromatic N) is 3. The Morgan fingerprint density at radius 3 is 2.75 bits per heavy atom. The number of nitrogens with one attached hydrogen (secondary N) is 1. The highest BCUT2D eigenvalue weighted by molar-refractivity contribution is 5.37. The number of aryl methyl sites for hydroxylation is 1. The lowest BCUT2D eigenvalue weighted by Crippen LogP contribution is -2.28. The first-order valence-electron chi connectivity index (χ1n) is 5.43. The van der Waals surface area contributed by atoms with Gasteiger partial charge in [0.2, 0.25) is 0 Å². The van der Waals surface area contributed by atoms with Gasteiger partial charge in [0.25, 0.3) is 0 Å². The van der Waals surface area contributed by atoms with Gasteiger partial charge in [0.05, 0.1) is 12.3 Å². The molecule has 1 aromatic rings. The number of anilines is 1. The van der Waals surface area contributed by atoms with E-state index in [1.807, 2.05) is 6.92 Å². The predicted molar refractivity (Wildman–Crippen MR) is 64.6 cm³/mol. The van der Waals surface area contributed by atoms with Gasteiger partial charge in [-0.1, -0.05) is 0 Å². The zero-order valence-electron chi connectivity index (χ0n) is 10.2. The average molecular weight is 224 g/mol. The van der Waals surface area contributed by atoms with Gasteiger partial charge >= 0.3 is 0 Å². The fourth-order valence-corrected chi connectivity index (χ4v) is 1.31. The summed E-state index contributed by atoms with van der Waals surface area (Å²) in [5.74, 6) is 0.864. The molecular formula is C11H20N4O. The van der Waals surface area contributed by atoms with Crippen LogP contribution in [0.1, 0.15) is 5.69 Å². The van der Waals surface area contributed by atoms with Gasteiger partial charge in [-0.15, -0.1) is 0 Å². The van der Waals surface area contributed by atoms with Gasteiger partial charge in [-0.3, -0.25) is 4.98 Å². The molecule has 0 unspecified atom stereocenters. The quantitative estimate of drug-likeness (QED) is 0.741. The minimum absolute atomic E-state index is 0.765. The first-order chi connectivity index (χ1) is 7.74. The SMILES string of the molecule is COCCN(C)CCNc1nccnc1C. The number of hydrogen-bond donors (Lipinski definition) is 1. The van der Waals surface area contributed by atoms with Crippen LogP contribution >= 0.6 is 0 Å². The second kappa shape index (κ2) is 7.14. The smallest absolute Gasteiger partial charge is 0.147 e. The summed E-state index contributed by atoms with van der Waals surface area (Å²) in [6.45, 7) is 5.47. The fourth-order valence-electron chi connectivity index (χ4n) is 1.31. The molecule has 16 heavy (non-hydrogen) atoms. The molecule has 0 amide bonds. The summed E-state index contributed by atoms with van der Waals surface area (Å²) in [6.07, 6.45) is 3.40. The average Bonchev–Trinajstić information content (AvgIpc) is 2.29. The molecule has 0 atom stereocenters. The van der Waals surface area contributed by atoms with Crippen molar-refractivity contribution >= 4 is 5.82 Å². The van der Waals surface area contributed by atoms with E-state index in [9.17, 15) is 0 Å². The molecule has 0 radical (unpaired) electrons. The number of aromatic nitrogens is 2. The molecule has 0 spiro atoms. The van der Waals surface area contributed by atoms with Crippen LogP contribution in [0, 0.1) is 6.92 Å². The number of likely N-dealkylation sites (N-methyl/N-ethyl adjacent to an activating group) is 1. The third kappa shape index (κ3) is 4.55. The number of methoxy groups -OCH3 is 1. The second-order valence-electron chi connectivity index (χ2n) is 3.71. The van der Waals surface area contributed by atoms with Crippen molar-refractivity contribution < 1.29 is 4.74 Å². The van der Waals surface area contributed by atoms with Crippen LogP contribution in [0.5, 0.6) is 0 Å². The van der Waals surface area contributed by atoms with Crippen LogP contribution in [0.4, 0.5) is 5.82 Å². The van der Waals surface area contributed by atoms with Gasteiger partial charge in [-0.2, -0.15) is 0 Å². The largest absolute Gasteiger partial charge is 0.383 e. The molecule has 0 bridgehead atoms. The molecule has 0 saturated carbocycles. The third-order valence-corrected chi connectivity index (χ3v) is 2.34. The van der Waals surface area contributed by atoms with Gasteiger partial charge < -0.3 is 15.0 Å². The summed E-state index contributed by atoms with van der Waals surface area (Å²) in [6, 6.07) is 0. The topological polar surface area (TPSA) is 50.3 Å². The van der Waals surface area contributed by atoms with E-state index >= 15 is 0 Å². The molecule has 5 nitrogen and oxygen atoms in total. The molecule has 1 aromatic heterocycles. The lowest BCUT2D eigenvalue weighted by Gasteiger charge is -2.16. The Morgan fingerprint density at radius 2 is 2.06 bits per heavy atom. The maximum absolute atomic E-state index is 5.01. The fraction of sp³-hybridized carbons (Fsp3) is 0.636. The van der Waals surface area contributed by atoms with Gasteiger partial charge in [0, 0.05) is 39.1 Å². The summed E-state index contributed by atoms with van der Waals surface area (Å²) < 4.78 is 5.01. The Bertz CT molecular complexity index is 306. The molecule has 1 rings (SSSR count). The maximum Gasteiger partial charge on any atom is 0.147 e. The number of ether oxygens (including phenoxy) is 1. The third-order valence-electron chi connectivity index (χ3n) is 2.34. The van der Waals surface area contributed by atoms with Crippen LogP contribution in [-0.4, -0.2) is 55.3 Å². The van der Waals surface area contributed by atoms with E-state index in [2.05, 4.69) is 27.2 Å². The molecule has 0 aliphatic carbocycles. The lowest BCUT2D eigenvalue weighted by molar-refractivity contribution is 0.163. The van der Waals surface area contributed by atoms with Gasteiger partial charge in [0.15, 0.2) is 0 Å². The number of rotatable bonds is 7. The van der Waals surface area contributed by atoms with Crippen molar-refractivity contribution in [1.82, 2.24) is 14.9 Å². The molecule has 0 aliphatic heterocycles. The molecule has 90 valence electrons. The molecule has 0 aliphatic rings. The monoisotopic (exact) mass is 224 g/mol. The van der Waals surface area contributed by atoms with E-state index in [1.165, 1.54) is 0 Å². The summed E-state index contributed by atoms with van der Waals surface area (Å²) in [5, 5.41) is 3.26. The highest BCUT2D eigenvalue weighted by atomic mass is 16.5. The van der Waals surface area contributed by atoms with Gasteiger partial charge in [-0.05, 0) is 14.0 Å². The standard InChI is InChI=1S/C11H20N4O/c1-10-11(13-5-4-12-10)14-6-7-15(2)8-9-16-3/h4-5H,6-9H2,1-3H3,(H,13,14). The minimum Gasteiger partial charge on any atom is -0.383 e. The summed E-state index contributed by atoms with van der Waals surface area (Å²) in [5.41, 5.74) is 0.932. The number of hydrogen-bond acceptors (Lipinski definition) is 5. The summed E-state index contributed by atoms with van der Waals surface area (Å²) >= 11 is 0. The van der Waals surface area contributed by atoms with Gasteiger partial charge in [0.1, 0.15) is 5.82 Å². The Labute approximate surface area is 96.8 Å². The van der Waals surface area contributed by atoms with E-state index in [-0.39, 0.29) is 0 Å². The van der Waals surface area contributed by atoms with Crippen LogP contribution < -0.4 is 5.32 Å². The van der Waals surface area contributed by atoms with Crippen molar-refractivity contribution in [3.8, 4) is 0 Å². The molecule has 5 heteroatoms. The van der Waals surface area contributed by atoms with E-state index in [4.69, 9.17) is 4.74 Å². The summed E-state index contributed by atoms with van der Waals surface area (Å²) in [7, 11) is 3.79. The van der Waals surface area contributed by atoms with Crippen molar-refractivity contribution in [3.63, 3.8) is 0 Å². The first-order valence-corrected chi connectivity index (χ1v) is 5.43. The van der Waals surface area contributed by atoms with Crippen LogP contribution in [0.15, 0.2) is 12.4 Å². The normalized spacial score (nSPS) is 10.8. The highest BCUT2D eigenvalue weighted by Gasteiger charge is 2.00. The Morgan fingerprint density at radius 1 is 1.31 bits per heavy atom. The van der Waals surface area contributed by atoms with E-state index < -0.39 is 0 Å². The van der Waals surface area contributed by atoms with Gasteiger partial charge in [-0.25, -0.2) is 4.98 Å². The van der Waals surface area contributed by atoms with Crippen LogP contribution in [0.3, 0.4) is 0 Å². The Hall–Kier alpha value is -1.20. The van der Waals surface area contributed by atoms with Crippen LogP contribution in [0.2, 0.25) is 0 Å². The van der Waals surface area contributed by atoms with Crippen LogP contribution in [-0.2, 0) is 4.74 Å². The molecule has 0 saturated heterocycles. The predicted octanol–water partition coefficient (Wildman–Crippen LogP) is 0.775. The second-order valence-corrected chi connectivity index (χ2v) is 3.71. The van der Waals surface area contributed by atoms with E-state index in [0.717, 1.165) is 37.8 Å². The van der Waals surface area contributed by atoms with Crippen molar-refractivity contribution in [2.45, 2.75) is 6.92 Å². The van der Waals surface area contributed by atoms with Crippen molar-refractivity contribution in [2.24, 2.45) is 0 Å². The van der Waals surface area contributed by atoms with E-state index in [0.29, 0.717) is 0 Å². The van der Waals surface area contributed by atoms with Crippen molar-refractivity contribution in [3.05, 3.63) is 18.1 Å². The molecular weight excluding hydrogens is 204 g/mol. The molecule has 0 fully saturated rings. The first kappa shape index (κ1) is 12.9. The maximum atomic E-state index is 5.01. The zero-order chi connectivity index (χ0) is 11.8.